The Kier molecular flexibility index (Phi) is 6.02. The minimum Gasteiger partial charge on any atom is -0.490 e. The Balaban J connectivity index is 1.40. The van der Waals surface area contributed by atoms with Crippen molar-refractivity contribution in [3.63, 3.8) is 0 Å². The molecule has 1 atom stereocenters. The van der Waals surface area contributed by atoms with Crippen molar-refractivity contribution in [2.45, 2.75) is 25.1 Å². The maximum absolute atomic E-state index is 13.1. The van der Waals surface area contributed by atoms with E-state index in [-0.39, 0.29) is 56.7 Å². The van der Waals surface area contributed by atoms with Gasteiger partial charge in [-0.25, -0.2) is 4.98 Å². The van der Waals surface area contributed by atoms with E-state index < -0.39 is 11.7 Å². The molecule has 5 rings (SSSR count). The number of aromatic nitrogens is 4. The fourth-order valence-electron chi connectivity index (χ4n) is 3.55. The molecule has 1 fully saturated rings. The van der Waals surface area contributed by atoms with E-state index >= 15 is 0 Å². The van der Waals surface area contributed by atoms with Gasteiger partial charge in [0, 0.05) is 24.9 Å². The molecule has 1 aromatic carbocycles. The number of fused-ring (bicyclic) bond motifs is 1. The number of alkyl halides is 3. The molecule has 14 heteroatoms. The summed E-state index contributed by atoms with van der Waals surface area (Å²) in [7, 11) is 0. The summed E-state index contributed by atoms with van der Waals surface area (Å²) in [5.41, 5.74) is -0.367. The van der Waals surface area contributed by atoms with Crippen molar-refractivity contribution in [3.05, 3.63) is 51.2 Å². The number of nitrogens with one attached hydrogen (secondary N) is 1. The summed E-state index contributed by atoms with van der Waals surface area (Å²) in [6.45, 7) is 0.234. The molecule has 0 bridgehead atoms. The fraction of sp³-hybridized carbons (Fsp3) is 0.238. The number of carbonyl (C=O) groups excluding carboxylic acids is 1. The number of imidazole rings is 1. The molecule has 182 valence electrons. The standard InChI is InChI=1S/C21H13Cl3F3N5O3/c22-12-5-16(34-8-10-1-2-17(33)28-10)13(23)4-11(12)20-30-18(31-35-20)15-7-32-6-9(21(25,26)27)3-14(24)19(32)29-15/h3-7,10H,1-2,8H2,(H,28,33). The Bertz CT molecular complexity index is 1450. The van der Waals surface area contributed by atoms with Crippen molar-refractivity contribution in [1.82, 2.24) is 24.8 Å². The molecule has 1 unspecified atom stereocenters. The Labute approximate surface area is 209 Å². The molecular weight excluding hydrogens is 534 g/mol. The molecule has 0 radical (unpaired) electrons. The topological polar surface area (TPSA) is 94.5 Å². The van der Waals surface area contributed by atoms with Crippen LogP contribution in [-0.4, -0.2) is 38.1 Å². The van der Waals surface area contributed by atoms with Gasteiger partial charge >= 0.3 is 6.18 Å². The summed E-state index contributed by atoms with van der Waals surface area (Å²) in [5, 5.41) is 6.90. The first-order chi connectivity index (χ1) is 16.6. The van der Waals surface area contributed by atoms with Crippen molar-refractivity contribution < 1.29 is 27.2 Å². The largest absolute Gasteiger partial charge is 0.490 e. The lowest BCUT2D eigenvalue weighted by Gasteiger charge is -2.14. The molecule has 1 aliphatic rings. The SMILES string of the molecule is O=C1CCC(COc2cc(Cl)c(-c3nc(-c4cn5cc(C(F)(F)F)cc(Cl)c5n4)no3)cc2Cl)N1. The van der Waals surface area contributed by atoms with Crippen LogP contribution < -0.4 is 10.1 Å². The molecule has 1 aliphatic heterocycles. The molecule has 1 amide bonds. The average molecular weight is 547 g/mol. The molecule has 4 aromatic rings. The van der Waals surface area contributed by atoms with Gasteiger partial charge in [0.2, 0.25) is 11.7 Å². The van der Waals surface area contributed by atoms with Crippen LogP contribution >= 0.6 is 34.8 Å². The van der Waals surface area contributed by atoms with Gasteiger partial charge in [-0.3, -0.25) is 4.79 Å². The third kappa shape index (κ3) is 4.75. The minimum atomic E-state index is -4.57. The van der Waals surface area contributed by atoms with E-state index in [1.54, 1.807) is 0 Å². The van der Waals surface area contributed by atoms with Crippen LogP contribution in [0.15, 0.2) is 35.1 Å². The Morgan fingerprint density at radius 3 is 2.63 bits per heavy atom. The van der Waals surface area contributed by atoms with E-state index in [1.165, 1.54) is 18.3 Å². The van der Waals surface area contributed by atoms with Crippen molar-refractivity contribution in [2.75, 3.05) is 6.61 Å². The number of benzene rings is 1. The second-order valence-corrected chi connectivity index (χ2v) is 8.95. The van der Waals surface area contributed by atoms with Gasteiger partial charge in [-0.2, -0.15) is 18.2 Å². The maximum Gasteiger partial charge on any atom is 0.417 e. The van der Waals surface area contributed by atoms with Crippen LogP contribution in [0.4, 0.5) is 13.2 Å². The molecule has 1 N–H and O–H groups in total. The normalized spacial score (nSPS) is 16.2. The third-order valence-corrected chi connectivity index (χ3v) is 6.15. The van der Waals surface area contributed by atoms with Crippen LogP contribution in [0, 0.1) is 0 Å². The van der Waals surface area contributed by atoms with E-state index in [2.05, 4.69) is 20.4 Å². The number of rotatable bonds is 5. The summed E-state index contributed by atoms with van der Waals surface area (Å²) in [5.74, 6) is 0.314. The molecule has 1 saturated heterocycles. The number of carbonyl (C=O) groups is 1. The highest BCUT2D eigenvalue weighted by Gasteiger charge is 2.32. The molecule has 4 heterocycles. The number of nitrogens with zero attached hydrogens (tertiary/aromatic N) is 4. The Morgan fingerprint density at radius 1 is 1.11 bits per heavy atom. The van der Waals surface area contributed by atoms with E-state index in [4.69, 9.17) is 44.1 Å². The van der Waals surface area contributed by atoms with Gasteiger partial charge in [-0.05, 0) is 18.6 Å². The summed E-state index contributed by atoms with van der Waals surface area (Å²) in [6, 6.07) is 3.66. The quantitative estimate of drug-likeness (QED) is 0.346. The van der Waals surface area contributed by atoms with Crippen LogP contribution in [0.3, 0.4) is 0 Å². The molecule has 8 nitrogen and oxygen atoms in total. The van der Waals surface area contributed by atoms with Crippen molar-refractivity contribution in [3.8, 4) is 28.7 Å². The van der Waals surface area contributed by atoms with E-state index in [9.17, 15) is 18.0 Å². The predicted octanol–water partition coefficient (Wildman–Crippen LogP) is 5.69. The molecule has 0 saturated carbocycles. The molecule has 0 spiro atoms. The summed E-state index contributed by atoms with van der Waals surface area (Å²) in [6.07, 6.45) is -1.29. The zero-order valence-electron chi connectivity index (χ0n) is 17.4. The van der Waals surface area contributed by atoms with Crippen molar-refractivity contribution in [1.29, 1.82) is 0 Å². The van der Waals surface area contributed by atoms with Gasteiger partial charge in [-0.15, -0.1) is 0 Å². The molecule has 3 aromatic heterocycles. The second kappa shape index (κ2) is 8.89. The summed E-state index contributed by atoms with van der Waals surface area (Å²) < 4.78 is 51.3. The van der Waals surface area contributed by atoms with Gasteiger partial charge in [-0.1, -0.05) is 40.0 Å². The van der Waals surface area contributed by atoms with Gasteiger partial charge < -0.3 is 19.0 Å². The summed E-state index contributed by atoms with van der Waals surface area (Å²) in [4.78, 5) is 19.8. The highest BCUT2D eigenvalue weighted by Crippen LogP contribution is 2.37. The lowest BCUT2D eigenvalue weighted by atomic mass is 10.2. The van der Waals surface area contributed by atoms with E-state index in [0.29, 0.717) is 24.2 Å². The first-order valence-corrected chi connectivity index (χ1v) is 11.2. The first-order valence-electron chi connectivity index (χ1n) is 10.1. The van der Waals surface area contributed by atoms with Gasteiger partial charge in [0.05, 0.1) is 32.2 Å². The van der Waals surface area contributed by atoms with Crippen LogP contribution in [0.5, 0.6) is 5.75 Å². The van der Waals surface area contributed by atoms with Crippen LogP contribution in [0.1, 0.15) is 18.4 Å². The van der Waals surface area contributed by atoms with Crippen LogP contribution in [0.25, 0.3) is 28.6 Å². The number of ether oxygens (including phenoxy) is 1. The van der Waals surface area contributed by atoms with Gasteiger partial charge in [0.15, 0.2) is 5.65 Å². The maximum atomic E-state index is 13.1. The minimum absolute atomic E-state index is 0.0119. The first kappa shape index (κ1) is 23.7. The average Bonchev–Trinajstić information content (AvgIpc) is 3.52. The van der Waals surface area contributed by atoms with Crippen molar-refractivity contribution >= 4 is 46.4 Å². The number of pyridine rings is 1. The smallest absolute Gasteiger partial charge is 0.417 e. The number of hydrogen-bond donors (Lipinski definition) is 1. The van der Waals surface area contributed by atoms with Crippen molar-refractivity contribution in [2.24, 2.45) is 0 Å². The third-order valence-electron chi connectivity index (χ3n) is 5.27. The van der Waals surface area contributed by atoms with Gasteiger partial charge in [0.25, 0.3) is 5.89 Å². The van der Waals surface area contributed by atoms with Crippen LogP contribution in [-0.2, 0) is 11.0 Å². The monoisotopic (exact) mass is 545 g/mol. The van der Waals surface area contributed by atoms with Crippen LogP contribution in [0.2, 0.25) is 15.1 Å². The zero-order valence-corrected chi connectivity index (χ0v) is 19.6. The highest BCUT2D eigenvalue weighted by atomic mass is 35.5. The van der Waals surface area contributed by atoms with E-state index in [0.717, 1.165) is 16.7 Å². The zero-order chi connectivity index (χ0) is 24.9. The Morgan fingerprint density at radius 2 is 1.91 bits per heavy atom. The fourth-order valence-corrected chi connectivity index (χ4v) is 4.26. The number of hydrogen-bond acceptors (Lipinski definition) is 6. The predicted molar refractivity (Wildman–Crippen MR) is 121 cm³/mol. The number of amides is 1. The second-order valence-electron chi connectivity index (χ2n) is 7.73. The lowest BCUT2D eigenvalue weighted by Crippen LogP contribution is -2.30. The van der Waals surface area contributed by atoms with E-state index in [1.807, 2.05) is 0 Å². The highest BCUT2D eigenvalue weighted by molar-refractivity contribution is 6.36. The molecule has 0 aliphatic carbocycles. The molecular formula is C21H13Cl3F3N5O3. The summed E-state index contributed by atoms with van der Waals surface area (Å²) >= 11 is 18.7. The van der Waals surface area contributed by atoms with Gasteiger partial charge in [0.1, 0.15) is 18.1 Å². The molecule has 35 heavy (non-hydrogen) atoms. The Hall–Kier alpha value is -3.02. The number of halogens is 6. The lowest BCUT2D eigenvalue weighted by molar-refractivity contribution is -0.137.